The molecule has 1 amide bonds. The summed E-state index contributed by atoms with van der Waals surface area (Å²) < 4.78 is 5.47. The largest absolute Gasteiger partial charge is 0.381 e. The molecule has 1 N–H and O–H groups in total. The van der Waals surface area contributed by atoms with Crippen LogP contribution in [0.4, 0.5) is 0 Å². The SMILES string of the molecule is O=C(NCC1CC1)C1(Cc2ccccc2)CCOCC1. The molecule has 1 aromatic rings. The highest BCUT2D eigenvalue weighted by Gasteiger charge is 2.40. The minimum atomic E-state index is -0.269. The molecule has 108 valence electrons. The van der Waals surface area contributed by atoms with Crippen LogP contribution in [0.5, 0.6) is 0 Å². The van der Waals surface area contributed by atoms with Crippen LogP contribution in [0.3, 0.4) is 0 Å². The molecule has 1 saturated carbocycles. The molecule has 2 fully saturated rings. The van der Waals surface area contributed by atoms with Crippen molar-refractivity contribution in [1.29, 1.82) is 0 Å². The Morgan fingerprint density at radius 3 is 2.55 bits per heavy atom. The van der Waals surface area contributed by atoms with Gasteiger partial charge in [0.25, 0.3) is 0 Å². The van der Waals surface area contributed by atoms with E-state index in [2.05, 4.69) is 17.4 Å². The zero-order chi connectivity index (χ0) is 13.8. The van der Waals surface area contributed by atoms with E-state index >= 15 is 0 Å². The van der Waals surface area contributed by atoms with Crippen LogP contribution in [-0.4, -0.2) is 25.7 Å². The Morgan fingerprint density at radius 1 is 1.20 bits per heavy atom. The van der Waals surface area contributed by atoms with Crippen molar-refractivity contribution >= 4 is 5.91 Å². The standard InChI is InChI=1S/C17H23NO2/c19-16(18-13-15-6-7-15)17(8-10-20-11-9-17)12-14-4-2-1-3-5-14/h1-5,15H,6-13H2,(H,18,19). The average Bonchev–Trinajstić information content (AvgIpc) is 3.31. The first-order chi connectivity index (χ1) is 9.78. The van der Waals surface area contributed by atoms with Crippen LogP contribution in [0.15, 0.2) is 30.3 Å². The molecule has 20 heavy (non-hydrogen) atoms. The van der Waals surface area contributed by atoms with E-state index in [4.69, 9.17) is 4.74 Å². The molecule has 1 aliphatic heterocycles. The number of hydrogen-bond donors (Lipinski definition) is 1. The maximum atomic E-state index is 12.7. The lowest BCUT2D eigenvalue weighted by molar-refractivity contribution is -0.136. The van der Waals surface area contributed by atoms with Crippen molar-refractivity contribution in [3.05, 3.63) is 35.9 Å². The van der Waals surface area contributed by atoms with Gasteiger partial charge in [-0.3, -0.25) is 4.79 Å². The molecule has 0 bridgehead atoms. The van der Waals surface area contributed by atoms with Crippen molar-refractivity contribution in [2.75, 3.05) is 19.8 Å². The molecule has 1 heterocycles. The summed E-state index contributed by atoms with van der Waals surface area (Å²) in [5, 5.41) is 3.18. The normalized spacial score (nSPS) is 21.4. The first kappa shape index (κ1) is 13.6. The molecule has 1 aliphatic carbocycles. The Labute approximate surface area is 120 Å². The van der Waals surface area contributed by atoms with Gasteiger partial charge in [0.15, 0.2) is 0 Å². The van der Waals surface area contributed by atoms with Crippen molar-refractivity contribution in [2.24, 2.45) is 11.3 Å². The Balaban J connectivity index is 1.70. The smallest absolute Gasteiger partial charge is 0.226 e. The van der Waals surface area contributed by atoms with E-state index in [9.17, 15) is 4.79 Å². The number of carbonyl (C=O) groups is 1. The third kappa shape index (κ3) is 3.21. The summed E-state index contributed by atoms with van der Waals surface area (Å²) in [5.41, 5.74) is 0.977. The number of rotatable bonds is 5. The van der Waals surface area contributed by atoms with Gasteiger partial charge < -0.3 is 10.1 Å². The molecular formula is C17H23NO2. The predicted molar refractivity (Wildman–Crippen MR) is 78.4 cm³/mol. The van der Waals surface area contributed by atoms with Crippen molar-refractivity contribution in [3.8, 4) is 0 Å². The van der Waals surface area contributed by atoms with Gasteiger partial charge in [0.1, 0.15) is 0 Å². The second-order valence-corrected chi connectivity index (χ2v) is 6.21. The Kier molecular flexibility index (Phi) is 4.06. The lowest BCUT2D eigenvalue weighted by Gasteiger charge is -2.36. The molecule has 1 aromatic carbocycles. The van der Waals surface area contributed by atoms with Crippen molar-refractivity contribution in [3.63, 3.8) is 0 Å². The predicted octanol–water partition coefficient (Wildman–Crippen LogP) is 2.55. The van der Waals surface area contributed by atoms with Crippen molar-refractivity contribution in [1.82, 2.24) is 5.32 Å². The Bertz CT molecular complexity index is 447. The lowest BCUT2D eigenvalue weighted by Crippen LogP contribution is -2.46. The van der Waals surface area contributed by atoms with E-state index in [1.165, 1.54) is 18.4 Å². The van der Waals surface area contributed by atoms with Crippen molar-refractivity contribution < 1.29 is 9.53 Å². The Hall–Kier alpha value is -1.35. The van der Waals surface area contributed by atoms with E-state index < -0.39 is 0 Å². The molecule has 0 radical (unpaired) electrons. The van der Waals surface area contributed by atoms with Gasteiger partial charge in [0.2, 0.25) is 5.91 Å². The van der Waals surface area contributed by atoms with E-state index in [1.807, 2.05) is 18.2 Å². The third-order valence-electron chi connectivity index (χ3n) is 4.57. The molecule has 0 unspecified atom stereocenters. The van der Waals surface area contributed by atoms with Gasteiger partial charge in [-0.2, -0.15) is 0 Å². The van der Waals surface area contributed by atoms with Gasteiger partial charge in [-0.25, -0.2) is 0 Å². The highest BCUT2D eigenvalue weighted by atomic mass is 16.5. The second kappa shape index (κ2) is 5.96. The zero-order valence-corrected chi connectivity index (χ0v) is 11.9. The van der Waals surface area contributed by atoms with Gasteiger partial charge >= 0.3 is 0 Å². The fourth-order valence-electron chi connectivity index (χ4n) is 2.98. The minimum absolute atomic E-state index is 0.233. The zero-order valence-electron chi connectivity index (χ0n) is 11.9. The highest BCUT2D eigenvalue weighted by molar-refractivity contribution is 5.83. The monoisotopic (exact) mass is 273 g/mol. The number of ether oxygens (including phenoxy) is 1. The number of benzene rings is 1. The first-order valence-corrected chi connectivity index (χ1v) is 7.68. The van der Waals surface area contributed by atoms with Gasteiger partial charge in [-0.15, -0.1) is 0 Å². The van der Waals surface area contributed by atoms with E-state index in [-0.39, 0.29) is 11.3 Å². The third-order valence-corrected chi connectivity index (χ3v) is 4.57. The molecule has 0 spiro atoms. The first-order valence-electron chi connectivity index (χ1n) is 7.68. The summed E-state index contributed by atoms with van der Waals surface area (Å²) in [5.74, 6) is 0.962. The maximum absolute atomic E-state index is 12.7. The molecule has 0 atom stereocenters. The number of nitrogens with one attached hydrogen (secondary N) is 1. The summed E-state index contributed by atoms with van der Waals surface area (Å²) in [6.45, 7) is 2.25. The second-order valence-electron chi connectivity index (χ2n) is 6.21. The summed E-state index contributed by atoms with van der Waals surface area (Å²) in [6, 6.07) is 10.3. The van der Waals surface area contributed by atoms with E-state index in [0.717, 1.165) is 31.7 Å². The topological polar surface area (TPSA) is 38.3 Å². The minimum Gasteiger partial charge on any atom is -0.381 e. The van der Waals surface area contributed by atoms with E-state index in [0.29, 0.717) is 13.2 Å². The van der Waals surface area contributed by atoms with Crippen LogP contribution < -0.4 is 5.32 Å². The number of hydrogen-bond acceptors (Lipinski definition) is 2. The van der Waals surface area contributed by atoms with Crippen LogP contribution >= 0.6 is 0 Å². The van der Waals surface area contributed by atoms with Gasteiger partial charge in [-0.05, 0) is 43.6 Å². The average molecular weight is 273 g/mol. The molecule has 0 aromatic heterocycles. The quantitative estimate of drug-likeness (QED) is 0.895. The number of carbonyl (C=O) groups excluding carboxylic acids is 1. The maximum Gasteiger partial charge on any atom is 0.226 e. The van der Waals surface area contributed by atoms with Gasteiger partial charge in [0.05, 0.1) is 5.41 Å². The summed E-state index contributed by atoms with van der Waals surface area (Å²) >= 11 is 0. The summed E-state index contributed by atoms with van der Waals surface area (Å²) in [6.07, 6.45) is 5.04. The number of amides is 1. The van der Waals surface area contributed by atoms with Crippen molar-refractivity contribution in [2.45, 2.75) is 32.1 Å². The molecular weight excluding hydrogens is 250 g/mol. The molecule has 2 aliphatic rings. The van der Waals surface area contributed by atoms with E-state index in [1.54, 1.807) is 0 Å². The van der Waals surface area contributed by atoms with Crippen LogP contribution in [0.1, 0.15) is 31.2 Å². The molecule has 3 heteroatoms. The highest BCUT2D eigenvalue weighted by Crippen LogP contribution is 2.35. The van der Waals surface area contributed by atoms with Crippen LogP contribution in [0.25, 0.3) is 0 Å². The molecule has 1 saturated heterocycles. The lowest BCUT2D eigenvalue weighted by atomic mass is 9.74. The summed E-state index contributed by atoms with van der Waals surface area (Å²) in [4.78, 5) is 12.7. The molecule has 3 nitrogen and oxygen atoms in total. The fraction of sp³-hybridized carbons (Fsp3) is 0.588. The van der Waals surface area contributed by atoms with Gasteiger partial charge in [-0.1, -0.05) is 30.3 Å². The Morgan fingerprint density at radius 2 is 1.90 bits per heavy atom. The fourth-order valence-corrected chi connectivity index (χ4v) is 2.98. The summed E-state index contributed by atoms with van der Waals surface area (Å²) in [7, 11) is 0. The van der Waals surface area contributed by atoms with Gasteiger partial charge in [0, 0.05) is 19.8 Å². The van der Waals surface area contributed by atoms with Crippen LogP contribution in [0, 0.1) is 11.3 Å². The van der Waals surface area contributed by atoms with Crippen LogP contribution in [-0.2, 0) is 16.0 Å². The molecule has 3 rings (SSSR count). The van der Waals surface area contributed by atoms with Crippen LogP contribution in [0.2, 0.25) is 0 Å².